The molecule has 1 aromatic heterocycles. The van der Waals surface area contributed by atoms with Crippen LogP contribution in [0.25, 0.3) is 0 Å². The molecule has 3 rings (SSSR count). The first-order chi connectivity index (χ1) is 10.4. The lowest BCUT2D eigenvalue weighted by Gasteiger charge is -2.18. The van der Waals surface area contributed by atoms with E-state index in [1.807, 2.05) is 0 Å². The molecule has 2 aromatic rings. The molecule has 0 fully saturated rings. The van der Waals surface area contributed by atoms with E-state index in [9.17, 15) is 9.60 Å². The minimum atomic E-state index is -0.240. The molecule has 0 atom stereocenters. The summed E-state index contributed by atoms with van der Waals surface area (Å²) in [5.74, 6) is -0.240. The number of hydrogen-bond donors (Lipinski definition) is 0. The monoisotopic (exact) mass is 300 g/mol. The smallest absolute Gasteiger partial charge is 0.223 e. The highest BCUT2D eigenvalue weighted by atomic mass is 19.1. The summed E-state index contributed by atoms with van der Waals surface area (Å²) in [5, 5.41) is 12.5. The fraction of sp³-hybridized carbons (Fsp3) is 0.389. The van der Waals surface area contributed by atoms with Crippen LogP contribution in [0.5, 0.6) is 0 Å². The molecule has 22 heavy (non-hydrogen) atoms. The predicted molar refractivity (Wildman–Crippen MR) is 85.5 cm³/mol. The minimum Gasteiger partial charge on any atom is -0.618 e. The van der Waals surface area contributed by atoms with Crippen molar-refractivity contribution in [3.05, 3.63) is 64.4 Å². The Morgan fingerprint density at radius 1 is 1.23 bits per heavy atom. The van der Waals surface area contributed by atoms with Crippen LogP contribution in [-0.4, -0.2) is 13.1 Å². The van der Waals surface area contributed by atoms with Gasteiger partial charge in [-0.2, -0.15) is 4.73 Å². The van der Waals surface area contributed by atoms with E-state index in [2.05, 4.69) is 31.7 Å². The molecule has 116 valence electrons. The molecule has 0 bridgehead atoms. The van der Waals surface area contributed by atoms with Crippen LogP contribution in [0.2, 0.25) is 0 Å². The molecule has 0 unspecified atom stereocenters. The van der Waals surface area contributed by atoms with E-state index in [1.54, 1.807) is 18.3 Å². The zero-order valence-corrected chi connectivity index (χ0v) is 13.3. The topological polar surface area (TPSA) is 30.2 Å². The van der Waals surface area contributed by atoms with E-state index < -0.39 is 0 Å². The number of pyridine rings is 1. The maximum atomic E-state index is 13.0. The Hall–Kier alpha value is -2.10. The number of anilines is 1. The van der Waals surface area contributed by atoms with E-state index in [4.69, 9.17) is 0 Å². The largest absolute Gasteiger partial charge is 0.618 e. The second kappa shape index (κ2) is 5.27. The highest BCUT2D eigenvalue weighted by molar-refractivity contribution is 5.58. The van der Waals surface area contributed by atoms with E-state index in [0.29, 0.717) is 6.42 Å². The third-order valence-corrected chi connectivity index (χ3v) is 4.34. The molecule has 0 saturated heterocycles. The lowest BCUT2D eigenvalue weighted by Crippen LogP contribution is -2.38. The molecule has 4 heteroatoms. The average molecular weight is 300 g/mol. The maximum Gasteiger partial charge on any atom is 0.223 e. The molecule has 1 aromatic carbocycles. The van der Waals surface area contributed by atoms with Gasteiger partial charge in [-0.3, -0.25) is 0 Å². The molecule has 0 amide bonds. The van der Waals surface area contributed by atoms with Gasteiger partial charge in [0.05, 0.1) is 5.41 Å². The molecule has 1 aliphatic heterocycles. The van der Waals surface area contributed by atoms with E-state index in [0.717, 1.165) is 40.3 Å². The third kappa shape index (κ3) is 2.54. The zero-order valence-electron chi connectivity index (χ0n) is 13.3. The van der Waals surface area contributed by atoms with Gasteiger partial charge in [-0.05, 0) is 44.5 Å². The number of likely N-dealkylation sites (N-methyl/N-ethyl adjacent to an activating group) is 1. The Bertz CT molecular complexity index is 695. The zero-order chi connectivity index (χ0) is 15.9. The molecular formula is C18H21FN2O. The van der Waals surface area contributed by atoms with Gasteiger partial charge >= 0.3 is 0 Å². The van der Waals surface area contributed by atoms with Gasteiger partial charge in [0.2, 0.25) is 5.69 Å². The number of aromatic nitrogens is 1. The highest BCUT2D eigenvalue weighted by Crippen LogP contribution is 2.38. The fourth-order valence-corrected chi connectivity index (χ4v) is 3.35. The Morgan fingerprint density at radius 3 is 2.55 bits per heavy atom. The van der Waals surface area contributed by atoms with Gasteiger partial charge in [0.1, 0.15) is 11.5 Å². The molecule has 3 nitrogen and oxygen atoms in total. The Balaban J connectivity index is 1.98. The van der Waals surface area contributed by atoms with Crippen molar-refractivity contribution in [1.29, 1.82) is 0 Å². The summed E-state index contributed by atoms with van der Waals surface area (Å²) < 4.78 is 14.0. The molecular weight excluding hydrogens is 279 g/mol. The molecule has 0 N–H and O–H groups in total. The summed E-state index contributed by atoms with van der Waals surface area (Å²) in [6.07, 6.45) is 2.29. The SMILES string of the molecule is CCN1CC(C)(C)c2c1cc(Cc1ccc(F)cc1)c[n+]2[O-]. The molecule has 1 aliphatic rings. The number of nitrogens with zero attached hydrogens (tertiary/aromatic N) is 2. The maximum absolute atomic E-state index is 13.0. The van der Waals surface area contributed by atoms with Crippen LogP contribution in [0.15, 0.2) is 36.5 Å². The van der Waals surface area contributed by atoms with Crippen LogP contribution in [0.1, 0.15) is 37.6 Å². The van der Waals surface area contributed by atoms with Crippen LogP contribution in [0, 0.1) is 11.0 Å². The minimum absolute atomic E-state index is 0.137. The van der Waals surface area contributed by atoms with Crippen LogP contribution in [0.4, 0.5) is 10.1 Å². The van der Waals surface area contributed by atoms with Crippen LogP contribution in [-0.2, 0) is 11.8 Å². The van der Waals surface area contributed by atoms with Gasteiger partial charge in [0.25, 0.3) is 0 Å². The Morgan fingerprint density at radius 2 is 1.91 bits per heavy atom. The third-order valence-electron chi connectivity index (χ3n) is 4.34. The number of benzene rings is 1. The molecule has 0 aliphatic carbocycles. The van der Waals surface area contributed by atoms with Crippen LogP contribution in [0.3, 0.4) is 0 Å². The molecule has 0 radical (unpaired) electrons. The molecule has 0 spiro atoms. The first-order valence-electron chi connectivity index (χ1n) is 7.66. The van der Waals surface area contributed by atoms with E-state index >= 15 is 0 Å². The number of fused-ring (bicyclic) bond motifs is 1. The summed E-state index contributed by atoms with van der Waals surface area (Å²) in [5.41, 5.74) is 3.69. The predicted octanol–water partition coefficient (Wildman–Crippen LogP) is 3.17. The normalized spacial score (nSPS) is 15.9. The summed E-state index contributed by atoms with van der Waals surface area (Å²) in [4.78, 5) is 2.25. The first kappa shape index (κ1) is 14.8. The molecule has 0 saturated carbocycles. The standard InChI is InChI=1S/C18H21FN2O/c1-4-20-12-18(2,3)17-16(20)10-14(11-21(17)22)9-13-5-7-15(19)8-6-13/h5-8,10-11H,4,9,12H2,1-3H3. The van der Waals surface area contributed by atoms with Crippen molar-refractivity contribution in [2.24, 2.45) is 0 Å². The van der Waals surface area contributed by atoms with Gasteiger partial charge in [-0.25, -0.2) is 4.39 Å². The van der Waals surface area contributed by atoms with Crippen molar-refractivity contribution < 1.29 is 9.12 Å². The fourth-order valence-electron chi connectivity index (χ4n) is 3.35. The van der Waals surface area contributed by atoms with Gasteiger partial charge in [-0.1, -0.05) is 12.1 Å². The summed E-state index contributed by atoms with van der Waals surface area (Å²) in [6, 6.07) is 8.54. The van der Waals surface area contributed by atoms with Gasteiger partial charge in [0, 0.05) is 25.1 Å². The lowest BCUT2D eigenvalue weighted by atomic mass is 9.91. The quantitative estimate of drug-likeness (QED) is 0.644. The molecule has 2 heterocycles. The second-order valence-electron chi connectivity index (χ2n) is 6.61. The number of halogens is 1. The highest BCUT2D eigenvalue weighted by Gasteiger charge is 2.42. The van der Waals surface area contributed by atoms with Crippen molar-refractivity contribution >= 4 is 5.69 Å². The van der Waals surface area contributed by atoms with Crippen molar-refractivity contribution in [3.63, 3.8) is 0 Å². The van der Waals surface area contributed by atoms with Crippen LogP contribution >= 0.6 is 0 Å². The number of hydrogen-bond acceptors (Lipinski definition) is 2. The summed E-state index contributed by atoms with van der Waals surface area (Å²) in [7, 11) is 0. The van der Waals surface area contributed by atoms with Gasteiger partial charge < -0.3 is 10.1 Å². The van der Waals surface area contributed by atoms with E-state index in [-0.39, 0.29) is 11.2 Å². The van der Waals surface area contributed by atoms with E-state index in [1.165, 1.54) is 12.1 Å². The Labute approximate surface area is 130 Å². The van der Waals surface area contributed by atoms with Crippen molar-refractivity contribution in [2.45, 2.75) is 32.6 Å². The van der Waals surface area contributed by atoms with Crippen LogP contribution < -0.4 is 9.63 Å². The van der Waals surface area contributed by atoms with Gasteiger partial charge in [0.15, 0.2) is 6.20 Å². The second-order valence-corrected chi connectivity index (χ2v) is 6.61. The first-order valence-corrected chi connectivity index (χ1v) is 7.66. The Kier molecular flexibility index (Phi) is 3.55. The number of rotatable bonds is 3. The van der Waals surface area contributed by atoms with Crippen molar-refractivity contribution in [1.82, 2.24) is 0 Å². The summed E-state index contributed by atoms with van der Waals surface area (Å²) >= 11 is 0. The summed E-state index contributed by atoms with van der Waals surface area (Å²) in [6.45, 7) is 8.07. The van der Waals surface area contributed by atoms with Crippen molar-refractivity contribution in [3.8, 4) is 0 Å². The van der Waals surface area contributed by atoms with Gasteiger partial charge in [-0.15, -0.1) is 0 Å². The average Bonchev–Trinajstić information content (AvgIpc) is 2.72. The van der Waals surface area contributed by atoms with Crippen molar-refractivity contribution in [2.75, 3.05) is 18.0 Å². The lowest BCUT2D eigenvalue weighted by molar-refractivity contribution is -0.616.